The Morgan fingerprint density at radius 2 is 1.60 bits per heavy atom. The summed E-state index contributed by atoms with van der Waals surface area (Å²) in [6.07, 6.45) is 0. The average Bonchev–Trinajstić information content (AvgIpc) is 2.60. The Hall–Kier alpha value is -2.82. The van der Waals surface area contributed by atoms with Gasteiger partial charge in [0.25, 0.3) is 11.8 Å². The van der Waals surface area contributed by atoms with Crippen LogP contribution in [0.1, 0.15) is 45.7 Å². The molecule has 0 unspecified atom stereocenters. The first-order valence-corrected chi connectivity index (χ1v) is 8.28. The zero-order chi connectivity index (χ0) is 18.4. The van der Waals surface area contributed by atoms with Gasteiger partial charge in [-0.1, -0.05) is 26.0 Å². The molecule has 0 spiro atoms. The lowest BCUT2D eigenvalue weighted by atomic mass is 10.0. The van der Waals surface area contributed by atoms with Gasteiger partial charge in [-0.15, -0.1) is 0 Å². The van der Waals surface area contributed by atoms with Crippen LogP contribution in [-0.4, -0.2) is 18.4 Å². The number of ether oxygens (including phenoxy) is 1. The average molecular weight is 340 g/mol. The lowest BCUT2D eigenvalue weighted by molar-refractivity contribution is 0.0846. The number of rotatable bonds is 5. The third-order valence-corrected chi connectivity index (χ3v) is 3.84. The van der Waals surface area contributed by atoms with Crippen LogP contribution in [0, 0.1) is 19.8 Å². The van der Waals surface area contributed by atoms with Gasteiger partial charge in [-0.3, -0.25) is 20.4 Å². The molecule has 0 radical (unpaired) electrons. The molecule has 2 rings (SSSR count). The van der Waals surface area contributed by atoms with Crippen molar-refractivity contribution in [3.8, 4) is 5.75 Å². The normalized spacial score (nSPS) is 10.4. The van der Waals surface area contributed by atoms with Crippen LogP contribution in [-0.2, 0) is 0 Å². The van der Waals surface area contributed by atoms with Gasteiger partial charge >= 0.3 is 0 Å². The fourth-order valence-electron chi connectivity index (χ4n) is 2.22. The van der Waals surface area contributed by atoms with E-state index in [0.717, 1.165) is 11.1 Å². The molecule has 2 aromatic carbocycles. The van der Waals surface area contributed by atoms with E-state index in [1.165, 1.54) is 0 Å². The molecule has 0 fully saturated rings. The topological polar surface area (TPSA) is 67.4 Å². The largest absolute Gasteiger partial charge is 0.493 e. The standard InChI is InChI=1S/C20H24N2O3/c1-13(2)12-25-17-10-8-16(9-11-17)19(23)21-22-20(24)18-7-5-6-14(3)15(18)4/h5-11,13H,12H2,1-4H3,(H,21,23)(H,22,24). The number of hydrogen-bond acceptors (Lipinski definition) is 3. The van der Waals surface area contributed by atoms with E-state index in [9.17, 15) is 9.59 Å². The summed E-state index contributed by atoms with van der Waals surface area (Å²) in [4.78, 5) is 24.4. The summed E-state index contributed by atoms with van der Waals surface area (Å²) in [5, 5.41) is 0. The third-order valence-electron chi connectivity index (χ3n) is 3.84. The first kappa shape index (κ1) is 18.5. The lowest BCUT2D eigenvalue weighted by Gasteiger charge is -2.11. The molecule has 0 saturated heterocycles. The van der Waals surface area contributed by atoms with Gasteiger partial charge in [0.05, 0.1) is 6.61 Å². The highest BCUT2D eigenvalue weighted by Crippen LogP contribution is 2.14. The van der Waals surface area contributed by atoms with E-state index in [2.05, 4.69) is 24.7 Å². The monoisotopic (exact) mass is 340 g/mol. The summed E-state index contributed by atoms with van der Waals surface area (Å²) in [6, 6.07) is 12.3. The molecule has 0 atom stereocenters. The van der Waals surface area contributed by atoms with E-state index in [-0.39, 0.29) is 11.8 Å². The minimum atomic E-state index is -0.380. The highest BCUT2D eigenvalue weighted by molar-refractivity contribution is 5.99. The lowest BCUT2D eigenvalue weighted by Crippen LogP contribution is -2.41. The molecule has 0 aliphatic carbocycles. The van der Waals surface area contributed by atoms with Crippen LogP contribution in [0.15, 0.2) is 42.5 Å². The van der Waals surface area contributed by atoms with E-state index >= 15 is 0 Å². The van der Waals surface area contributed by atoms with Crippen LogP contribution in [0.4, 0.5) is 0 Å². The summed E-state index contributed by atoms with van der Waals surface area (Å²) in [6.45, 7) is 8.58. The molecule has 2 aromatic rings. The quantitative estimate of drug-likeness (QED) is 0.820. The Kier molecular flexibility index (Phi) is 6.17. The van der Waals surface area contributed by atoms with E-state index < -0.39 is 0 Å². The van der Waals surface area contributed by atoms with Crippen molar-refractivity contribution in [3.05, 3.63) is 64.7 Å². The molecule has 0 aliphatic heterocycles. The second-order valence-electron chi connectivity index (χ2n) is 6.38. The number of nitrogens with one attached hydrogen (secondary N) is 2. The number of carbonyl (C=O) groups is 2. The Labute approximate surface area is 148 Å². The Morgan fingerprint density at radius 1 is 0.960 bits per heavy atom. The maximum absolute atomic E-state index is 12.2. The molecule has 0 saturated carbocycles. The summed E-state index contributed by atoms with van der Waals surface area (Å²) >= 11 is 0. The van der Waals surface area contributed by atoms with Crippen molar-refractivity contribution in [1.29, 1.82) is 0 Å². The van der Waals surface area contributed by atoms with E-state index in [0.29, 0.717) is 29.4 Å². The molecule has 5 heteroatoms. The summed E-state index contributed by atoms with van der Waals surface area (Å²) in [7, 11) is 0. The van der Waals surface area contributed by atoms with Crippen LogP contribution in [0.3, 0.4) is 0 Å². The maximum atomic E-state index is 12.2. The second-order valence-corrected chi connectivity index (χ2v) is 6.38. The van der Waals surface area contributed by atoms with Crippen LogP contribution in [0.25, 0.3) is 0 Å². The molecule has 0 heterocycles. The summed E-state index contributed by atoms with van der Waals surface area (Å²) in [5.41, 5.74) is 7.78. The molecular formula is C20H24N2O3. The predicted molar refractivity (Wildman–Crippen MR) is 97.6 cm³/mol. The Bertz CT molecular complexity index is 752. The van der Waals surface area contributed by atoms with Gasteiger partial charge in [0, 0.05) is 11.1 Å². The molecule has 5 nitrogen and oxygen atoms in total. The van der Waals surface area contributed by atoms with Gasteiger partial charge in [0.1, 0.15) is 5.75 Å². The highest BCUT2D eigenvalue weighted by Gasteiger charge is 2.12. The van der Waals surface area contributed by atoms with E-state index in [1.54, 1.807) is 30.3 Å². The molecular weight excluding hydrogens is 316 g/mol. The first-order chi connectivity index (χ1) is 11.9. The zero-order valence-electron chi connectivity index (χ0n) is 15.1. The van der Waals surface area contributed by atoms with Crippen molar-refractivity contribution >= 4 is 11.8 Å². The van der Waals surface area contributed by atoms with Crippen LogP contribution in [0.2, 0.25) is 0 Å². The van der Waals surface area contributed by atoms with Crippen molar-refractivity contribution in [1.82, 2.24) is 10.9 Å². The van der Waals surface area contributed by atoms with Crippen molar-refractivity contribution in [3.63, 3.8) is 0 Å². The SMILES string of the molecule is Cc1cccc(C(=O)NNC(=O)c2ccc(OCC(C)C)cc2)c1C. The number of hydrazine groups is 1. The van der Waals surface area contributed by atoms with Crippen molar-refractivity contribution < 1.29 is 14.3 Å². The molecule has 132 valence electrons. The maximum Gasteiger partial charge on any atom is 0.269 e. The summed E-state index contributed by atoms with van der Waals surface area (Å²) < 4.78 is 5.58. The highest BCUT2D eigenvalue weighted by atomic mass is 16.5. The zero-order valence-corrected chi connectivity index (χ0v) is 15.1. The fraction of sp³-hybridized carbons (Fsp3) is 0.300. The van der Waals surface area contributed by atoms with Crippen molar-refractivity contribution in [2.75, 3.05) is 6.61 Å². The molecule has 0 bridgehead atoms. The number of aryl methyl sites for hydroxylation is 1. The molecule has 2 N–H and O–H groups in total. The predicted octanol–water partition coefficient (Wildman–Crippen LogP) is 3.41. The molecule has 0 aliphatic rings. The van der Waals surface area contributed by atoms with Crippen molar-refractivity contribution in [2.45, 2.75) is 27.7 Å². The smallest absolute Gasteiger partial charge is 0.269 e. The number of amides is 2. The third kappa shape index (κ3) is 5.08. The summed E-state index contributed by atoms with van der Waals surface area (Å²) in [5.74, 6) is 0.424. The number of benzene rings is 2. The van der Waals surface area contributed by atoms with Gasteiger partial charge < -0.3 is 4.74 Å². The van der Waals surface area contributed by atoms with Crippen molar-refractivity contribution in [2.24, 2.45) is 5.92 Å². The molecule has 0 aromatic heterocycles. The Morgan fingerprint density at radius 3 is 2.24 bits per heavy atom. The van der Waals surface area contributed by atoms with E-state index in [1.807, 2.05) is 26.0 Å². The fourth-order valence-corrected chi connectivity index (χ4v) is 2.22. The first-order valence-electron chi connectivity index (χ1n) is 8.28. The minimum absolute atomic E-state index is 0.341. The minimum Gasteiger partial charge on any atom is -0.493 e. The van der Waals surface area contributed by atoms with Gasteiger partial charge in [-0.2, -0.15) is 0 Å². The van der Waals surface area contributed by atoms with Gasteiger partial charge in [0.2, 0.25) is 0 Å². The van der Waals surface area contributed by atoms with Crippen LogP contribution in [0.5, 0.6) is 5.75 Å². The number of carbonyl (C=O) groups excluding carboxylic acids is 2. The van der Waals surface area contributed by atoms with E-state index in [4.69, 9.17) is 4.74 Å². The van der Waals surface area contributed by atoms with Gasteiger partial charge in [-0.05, 0) is 61.2 Å². The van der Waals surface area contributed by atoms with Gasteiger partial charge in [0.15, 0.2) is 0 Å². The Balaban J connectivity index is 1.93. The van der Waals surface area contributed by atoms with Gasteiger partial charge in [-0.25, -0.2) is 0 Å². The molecule has 2 amide bonds. The molecule has 25 heavy (non-hydrogen) atoms. The van der Waals surface area contributed by atoms with Crippen LogP contribution >= 0.6 is 0 Å². The number of hydrogen-bond donors (Lipinski definition) is 2. The van der Waals surface area contributed by atoms with Crippen LogP contribution < -0.4 is 15.6 Å². The second kappa shape index (κ2) is 8.33.